The van der Waals surface area contributed by atoms with Crippen LogP contribution >= 0.6 is 0 Å². The van der Waals surface area contributed by atoms with Gasteiger partial charge in [0.25, 0.3) is 0 Å². The molecule has 0 aliphatic heterocycles. The van der Waals surface area contributed by atoms with Gasteiger partial charge in [-0.05, 0) is 38.2 Å². The standard InChI is InChI=1S/C14H21FN4O2S/c1-18(2)22(20,21)8-4-7-19(3)10-14-16-12-6-5-11(15)9-13(12)17-14/h5-6,9H,4,7-8,10H2,1-3H3,(H,16,17). The molecule has 0 saturated carbocycles. The number of nitrogens with zero attached hydrogens (tertiary/aromatic N) is 3. The lowest BCUT2D eigenvalue weighted by molar-refractivity contribution is 0.320. The summed E-state index contributed by atoms with van der Waals surface area (Å²) in [5.41, 5.74) is 1.39. The number of aromatic amines is 1. The molecule has 8 heteroatoms. The summed E-state index contributed by atoms with van der Waals surface area (Å²) in [4.78, 5) is 9.45. The minimum atomic E-state index is -3.15. The first-order valence-electron chi connectivity index (χ1n) is 7.01. The van der Waals surface area contributed by atoms with Crippen LogP contribution in [0.25, 0.3) is 11.0 Å². The Morgan fingerprint density at radius 1 is 1.27 bits per heavy atom. The van der Waals surface area contributed by atoms with E-state index >= 15 is 0 Å². The Morgan fingerprint density at radius 3 is 2.68 bits per heavy atom. The van der Waals surface area contributed by atoms with Crippen LogP contribution in [0.15, 0.2) is 18.2 Å². The highest BCUT2D eigenvalue weighted by molar-refractivity contribution is 7.89. The van der Waals surface area contributed by atoms with Gasteiger partial charge < -0.3 is 4.98 Å². The minimum Gasteiger partial charge on any atom is -0.341 e. The number of rotatable bonds is 7. The van der Waals surface area contributed by atoms with Gasteiger partial charge in [-0.15, -0.1) is 0 Å². The molecule has 2 rings (SSSR count). The van der Waals surface area contributed by atoms with Gasteiger partial charge in [0.2, 0.25) is 10.0 Å². The van der Waals surface area contributed by atoms with Gasteiger partial charge in [0.1, 0.15) is 11.6 Å². The fourth-order valence-corrected chi connectivity index (χ4v) is 3.00. The van der Waals surface area contributed by atoms with Crippen molar-refractivity contribution in [2.45, 2.75) is 13.0 Å². The van der Waals surface area contributed by atoms with Crippen LogP contribution in [0.3, 0.4) is 0 Å². The maximum Gasteiger partial charge on any atom is 0.213 e. The first kappa shape index (κ1) is 16.9. The van der Waals surface area contributed by atoms with Gasteiger partial charge in [0, 0.05) is 14.1 Å². The normalized spacial score (nSPS) is 12.6. The molecular weight excluding hydrogens is 307 g/mol. The number of aromatic nitrogens is 2. The third-order valence-corrected chi connectivity index (χ3v) is 5.33. The third-order valence-electron chi connectivity index (χ3n) is 3.41. The largest absolute Gasteiger partial charge is 0.341 e. The van der Waals surface area contributed by atoms with Crippen molar-refractivity contribution in [2.75, 3.05) is 33.4 Å². The van der Waals surface area contributed by atoms with E-state index in [1.54, 1.807) is 6.07 Å². The molecule has 6 nitrogen and oxygen atoms in total. The zero-order chi connectivity index (χ0) is 16.3. The second kappa shape index (κ2) is 6.72. The molecule has 0 saturated heterocycles. The average molecular weight is 328 g/mol. The zero-order valence-corrected chi connectivity index (χ0v) is 13.8. The summed E-state index contributed by atoms with van der Waals surface area (Å²) in [6.45, 7) is 1.19. The fraction of sp³-hybridized carbons (Fsp3) is 0.500. The van der Waals surface area contributed by atoms with Crippen molar-refractivity contribution in [3.63, 3.8) is 0 Å². The number of hydrogen-bond donors (Lipinski definition) is 1. The van der Waals surface area contributed by atoms with Gasteiger partial charge in [-0.25, -0.2) is 22.1 Å². The molecule has 0 bridgehead atoms. The van der Waals surface area contributed by atoms with Crippen molar-refractivity contribution in [3.8, 4) is 0 Å². The van der Waals surface area contributed by atoms with Gasteiger partial charge in [-0.1, -0.05) is 0 Å². The molecule has 2 aromatic rings. The Morgan fingerprint density at radius 2 is 2.00 bits per heavy atom. The van der Waals surface area contributed by atoms with Crippen LogP contribution in [0, 0.1) is 5.82 Å². The highest BCUT2D eigenvalue weighted by atomic mass is 32.2. The van der Waals surface area contributed by atoms with E-state index in [1.807, 2.05) is 11.9 Å². The predicted octanol–water partition coefficient (Wildman–Crippen LogP) is 1.42. The van der Waals surface area contributed by atoms with Gasteiger partial charge >= 0.3 is 0 Å². The number of halogens is 1. The molecule has 0 aliphatic rings. The Labute approximate surface area is 130 Å². The number of H-pyrrole nitrogens is 1. The maximum atomic E-state index is 13.1. The smallest absolute Gasteiger partial charge is 0.213 e. The second-order valence-corrected chi connectivity index (χ2v) is 7.84. The summed E-state index contributed by atoms with van der Waals surface area (Å²) in [5.74, 6) is 0.555. The van der Waals surface area contributed by atoms with E-state index in [9.17, 15) is 12.8 Å². The van der Waals surface area contributed by atoms with E-state index in [1.165, 1.54) is 30.5 Å². The number of sulfonamides is 1. The average Bonchev–Trinajstić information content (AvgIpc) is 2.79. The number of benzene rings is 1. The second-order valence-electron chi connectivity index (χ2n) is 5.53. The quantitative estimate of drug-likeness (QED) is 0.834. The zero-order valence-electron chi connectivity index (χ0n) is 13.0. The minimum absolute atomic E-state index is 0.121. The molecule has 0 atom stereocenters. The van der Waals surface area contributed by atoms with Gasteiger partial charge in [-0.3, -0.25) is 4.90 Å². The summed E-state index contributed by atoms with van der Waals surface area (Å²) in [6.07, 6.45) is 0.547. The Kier molecular flexibility index (Phi) is 5.15. The lowest BCUT2D eigenvalue weighted by atomic mass is 10.3. The molecule has 0 radical (unpaired) electrons. The molecule has 0 aliphatic carbocycles. The van der Waals surface area contributed by atoms with E-state index in [2.05, 4.69) is 9.97 Å². The summed E-state index contributed by atoms with van der Waals surface area (Å²) in [6, 6.07) is 4.42. The Hall–Kier alpha value is -1.51. The first-order valence-corrected chi connectivity index (χ1v) is 8.62. The fourth-order valence-electron chi connectivity index (χ4n) is 2.14. The van der Waals surface area contributed by atoms with Gasteiger partial charge in [0.15, 0.2) is 0 Å². The van der Waals surface area contributed by atoms with E-state index in [-0.39, 0.29) is 11.6 Å². The summed E-state index contributed by atoms with van der Waals surface area (Å²) in [7, 11) is 1.82. The molecule has 122 valence electrons. The number of hydrogen-bond acceptors (Lipinski definition) is 4. The highest BCUT2D eigenvalue weighted by Gasteiger charge is 2.14. The molecule has 0 amide bonds. The van der Waals surface area contributed by atoms with E-state index in [0.717, 1.165) is 11.3 Å². The van der Waals surface area contributed by atoms with Crippen molar-refractivity contribution in [1.82, 2.24) is 19.2 Å². The molecule has 0 fully saturated rings. The van der Waals surface area contributed by atoms with Gasteiger partial charge in [0.05, 0.1) is 23.3 Å². The highest BCUT2D eigenvalue weighted by Crippen LogP contribution is 2.13. The molecule has 1 N–H and O–H groups in total. The molecule has 22 heavy (non-hydrogen) atoms. The number of nitrogens with one attached hydrogen (secondary N) is 1. The number of imidazole rings is 1. The van der Waals surface area contributed by atoms with Crippen LogP contribution in [0.2, 0.25) is 0 Å². The van der Waals surface area contributed by atoms with Crippen LogP contribution in [0.5, 0.6) is 0 Å². The van der Waals surface area contributed by atoms with E-state index < -0.39 is 10.0 Å². The third kappa shape index (κ3) is 4.25. The lowest BCUT2D eigenvalue weighted by Crippen LogP contribution is -2.28. The van der Waals surface area contributed by atoms with Crippen LogP contribution in [0.1, 0.15) is 12.2 Å². The lowest BCUT2D eigenvalue weighted by Gasteiger charge is -2.16. The molecule has 1 aromatic heterocycles. The Bertz CT molecular complexity index is 742. The summed E-state index contributed by atoms with van der Waals surface area (Å²) >= 11 is 0. The monoisotopic (exact) mass is 328 g/mol. The topological polar surface area (TPSA) is 69.3 Å². The number of fused-ring (bicyclic) bond motifs is 1. The summed E-state index contributed by atoms with van der Waals surface area (Å²) < 4.78 is 37.7. The van der Waals surface area contributed by atoms with Crippen LogP contribution in [0.4, 0.5) is 4.39 Å². The van der Waals surface area contributed by atoms with Crippen molar-refractivity contribution >= 4 is 21.1 Å². The van der Waals surface area contributed by atoms with Crippen molar-refractivity contribution < 1.29 is 12.8 Å². The van der Waals surface area contributed by atoms with Crippen LogP contribution in [-0.2, 0) is 16.6 Å². The molecule has 1 heterocycles. The first-order chi connectivity index (χ1) is 10.3. The Balaban J connectivity index is 1.89. The molecular formula is C14H21FN4O2S. The van der Waals surface area contributed by atoms with Crippen LogP contribution in [-0.4, -0.2) is 61.0 Å². The van der Waals surface area contributed by atoms with Crippen molar-refractivity contribution in [3.05, 3.63) is 29.8 Å². The van der Waals surface area contributed by atoms with E-state index in [4.69, 9.17) is 0 Å². The van der Waals surface area contributed by atoms with Gasteiger partial charge in [-0.2, -0.15) is 0 Å². The van der Waals surface area contributed by atoms with Crippen LogP contribution < -0.4 is 0 Å². The SMILES string of the molecule is CN(CCCS(=O)(=O)N(C)C)Cc1nc2ccc(F)cc2[nH]1. The molecule has 0 spiro atoms. The maximum absolute atomic E-state index is 13.1. The summed E-state index contributed by atoms with van der Waals surface area (Å²) in [5, 5.41) is 0. The van der Waals surface area contributed by atoms with Crippen molar-refractivity contribution in [1.29, 1.82) is 0 Å². The molecule has 0 unspecified atom stereocenters. The van der Waals surface area contributed by atoms with Crippen molar-refractivity contribution in [2.24, 2.45) is 0 Å². The predicted molar refractivity (Wildman–Crippen MR) is 84.5 cm³/mol. The molecule has 1 aromatic carbocycles. The van der Waals surface area contributed by atoms with E-state index in [0.29, 0.717) is 25.0 Å².